The fourth-order valence-electron chi connectivity index (χ4n) is 2.76. The van der Waals surface area contributed by atoms with Crippen molar-refractivity contribution in [2.75, 3.05) is 17.2 Å². The average Bonchev–Trinajstić information content (AvgIpc) is 2.63. The molecule has 0 radical (unpaired) electrons. The van der Waals surface area contributed by atoms with Crippen LogP contribution >= 0.6 is 11.6 Å². The molecular weight excluding hydrogens is 372 g/mol. The van der Waals surface area contributed by atoms with E-state index in [-0.39, 0.29) is 6.10 Å². The topological polar surface area (TPSA) is 59.1 Å². The van der Waals surface area contributed by atoms with Gasteiger partial charge >= 0.3 is 0 Å². The standard InChI is InChI=1S/C22H25ClN4O/c1-15(2)28-20-9-7-19(8-10-20)26-22-25-16(3)13-21(27-22)24-12-11-17-5-4-6-18(23)14-17/h4-10,13-15H,11-12H2,1-3H3,(H2,24,25,26,27). The van der Waals surface area contributed by atoms with Gasteiger partial charge in [-0.05, 0) is 69.2 Å². The molecule has 1 heterocycles. The van der Waals surface area contributed by atoms with Gasteiger partial charge in [-0.2, -0.15) is 4.98 Å². The molecule has 0 aliphatic carbocycles. The molecule has 2 N–H and O–H groups in total. The minimum Gasteiger partial charge on any atom is -0.491 e. The molecule has 0 fully saturated rings. The fraction of sp³-hybridized carbons (Fsp3) is 0.273. The van der Waals surface area contributed by atoms with Gasteiger partial charge in [-0.15, -0.1) is 0 Å². The SMILES string of the molecule is Cc1cc(NCCc2cccc(Cl)c2)nc(Nc2ccc(OC(C)C)cc2)n1. The molecule has 1 aromatic heterocycles. The van der Waals surface area contributed by atoms with Crippen LogP contribution in [0.1, 0.15) is 25.1 Å². The molecule has 0 saturated heterocycles. The number of hydrogen-bond donors (Lipinski definition) is 2. The van der Waals surface area contributed by atoms with Crippen LogP contribution in [0.4, 0.5) is 17.5 Å². The number of nitrogens with one attached hydrogen (secondary N) is 2. The third-order valence-corrected chi connectivity index (χ3v) is 4.18. The van der Waals surface area contributed by atoms with E-state index in [0.29, 0.717) is 5.95 Å². The lowest BCUT2D eigenvalue weighted by Gasteiger charge is -2.12. The zero-order chi connectivity index (χ0) is 19.9. The maximum Gasteiger partial charge on any atom is 0.229 e. The Morgan fingerprint density at radius 2 is 1.82 bits per heavy atom. The van der Waals surface area contributed by atoms with Crippen LogP contribution in [-0.4, -0.2) is 22.6 Å². The lowest BCUT2D eigenvalue weighted by molar-refractivity contribution is 0.242. The Balaban J connectivity index is 1.61. The normalized spacial score (nSPS) is 10.8. The number of aromatic nitrogens is 2. The fourth-order valence-corrected chi connectivity index (χ4v) is 2.97. The van der Waals surface area contributed by atoms with E-state index >= 15 is 0 Å². The van der Waals surface area contributed by atoms with E-state index in [1.165, 1.54) is 5.56 Å². The van der Waals surface area contributed by atoms with E-state index in [4.69, 9.17) is 16.3 Å². The highest BCUT2D eigenvalue weighted by Crippen LogP contribution is 2.20. The molecule has 0 atom stereocenters. The summed E-state index contributed by atoms with van der Waals surface area (Å²) in [5.41, 5.74) is 2.99. The Morgan fingerprint density at radius 1 is 1.04 bits per heavy atom. The minimum atomic E-state index is 0.152. The summed E-state index contributed by atoms with van der Waals surface area (Å²) in [5, 5.41) is 7.36. The van der Waals surface area contributed by atoms with Crippen molar-refractivity contribution in [1.29, 1.82) is 0 Å². The average molecular weight is 397 g/mol. The quantitative estimate of drug-likeness (QED) is 0.517. The van der Waals surface area contributed by atoms with Crippen molar-refractivity contribution in [2.24, 2.45) is 0 Å². The van der Waals surface area contributed by atoms with Crippen LogP contribution in [0.3, 0.4) is 0 Å². The first-order chi connectivity index (χ1) is 13.5. The number of benzene rings is 2. The number of halogens is 1. The van der Waals surface area contributed by atoms with Gasteiger partial charge in [0, 0.05) is 29.0 Å². The van der Waals surface area contributed by atoms with Gasteiger partial charge < -0.3 is 15.4 Å². The smallest absolute Gasteiger partial charge is 0.229 e. The van der Waals surface area contributed by atoms with Crippen LogP contribution < -0.4 is 15.4 Å². The molecule has 5 nitrogen and oxygen atoms in total. The first kappa shape index (κ1) is 20.0. The third kappa shape index (κ3) is 6.13. The van der Waals surface area contributed by atoms with Crippen molar-refractivity contribution in [2.45, 2.75) is 33.3 Å². The summed E-state index contributed by atoms with van der Waals surface area (Å²) in [6.07, 6.45) is 1.02. The Kier molecular flexibility index (Phi) is 6.71. The predicted molar refractivity (Wildman–Crippen MR) is 116 cm³/mol. The molecule has 0 saturated carbocycles. The largest absolute Gasteiger partial charge is 0.491 e. The highest BCUT2D eigenvalue weighted by atomic mass is 35.5. The van der Waals surface area contributed by atoms with Crippen molar-refractivity contribution >= 4 is 29.1 Å². The molecule has 0 unspecified atom stereocenters. The first-order valence-electron chi connectivity index (χ1n) is 9.36. The van der Waals surface area contributed by atoms with Crippen LogP contribution in [0.2, 0.25) is 5.02 Å². The molecule has 3 aromatic rings. The Morgan fingerprint density at radius 3 is 2.54 bits per heavy atom. The molecular formula is C22H25ClN4O. The number of anilines is 3. The van der Waals surface area contributed by atoms with Crippen molar-refractivity contribution < 1.29 is 4.74 Å². The molecule has 0 aliphatic rings. The maximum absolute atomic E-state index is 6.04. The summed E-state index contributed by atoms with van der Waals surface area (Å²) in [5.74, 6) is 2.19. The van der Waals surface area contributed by atoms with Crippen molar-refractivity contribution in [3.8, 4) is 5.75 Å². The second-order valence-electron chi connectivity index (χ2n) is 6.84. The Labute approximate surface area is 171 Å². The molecule has 28 heavy (non-hydrogen) atoms. The summed E-state index contributed by atoms with van der Waals surface area (Å²) in [7, 11) is 0. The van der Waals surface area contributed by atoms with Gasteiger partial charge in [0.2, 0.25) is 5.95 Å². The Hall–Kier alpha value is -2.79. The van der Waals surface area contributed by atoms with Crippen LogP contribution in [0.25, 0.3) is 0 Å². The van der Waals surface area contributed by atoms with Gasteiger partial charge in [0.15, 0.2) is 0 Å². The summed E-state index contributed by atoms with van der Waals surface area (Å²) in [6.45, 7) is 6.73. The Bertz CT molecular complexity index is 913. The van der Waals surface area contributed by atoms with Gasteiger partial charge in [0.05, 0.1) is 6.10 Å². The van der Waals surface area contributed by atoms with Crippen LogP contribution in [0, 0.1) is 6.92 Å². The maximum atomic E-state index is 6.04. The molecule has 0 amide bonds. The number of nitrogens with zero attached hydrogens (tertiary/aromatic N) is 2. The number of aryl methyl sites for hydroxylation is 1. The van der Waals surface area contributed by atoms with Gasteiger partial charge in [0.1, 0.15) is 11.6 Å². The van der Waals surface area contributed by atoms with Crippen molar-refractivity contribution in [1.82, 2.24) is 9.97 Å². The third-order valence-electron chi connectivity index (χ3n) is 3.95. The van der Waals surface area contributed by atoms with Crippen LogP contribution in [0.5, 0.6) is 5.75 Å². The van der Waals surface area contributed by atoms with Gasteiger partial charge in [-0.25, -0.2) is 4.98 Å². The zero-order valence-corrected chi connectivity index (χ0v) is 17.1. The zero-order valence-electron chi connectivity index (χ0n) is 16.4. The molecule has 6 heteroatoms. The molecule has 0 aliphatic heterocycles. The molecule has 2 aromatic carbocycles. The summed E-state index contributed by atoms with van der Waals surface area (Å²) < 4.78 is 5.67. The second kappa shape index (κ2) is 9.42. The van der Waals surface area contributed by atoms with E-state index in [2.05, 4.69) is 26.7 Å². The highest BCUT2D eigenvalue weighted by Gasteiger charge is 2.04. The highest BCUT2D eigenvalue weighted by molar-refractivity contribution is 6.30. The van der Waals surface area contributed by atoms with Crippen LogP contribution in [0.15, 0.2) is 54.6 Å². The number of rotatable bonds is 8. The summed E-state index contributed by atoms with van der Waals surface area (Å²) in [6, 6.07) is 17.6. The number of hydrogen-bond acceptors (Lipinski definition) is 5. The van der Waals surface area contributed by atoms with E-state index in [9.17, 15) is 0 Å². The lowest BCUT2D eigenvalue weighted by atomic mass is 10.1. The molecule has 3 rings (SSSR count). The van der Waals surface area contributed by atoms with Crippen molar-refractivity contribution in [3.05, 3.63) is 70.9 Å². The van der Waals surface area contributed by atoms with Gasteiger partial charge in [-0.3, -0.25) is 0 Å². The first-order valence-corrected chi connectivity index (χ1v) is 9.73. The van der Waals surface area contributed by atoms with Gasteiger partial charge in [0.25, 0.3) is 0 Å². The predicted octanol–water partition coefficient (Wildman–Crippen LogP) is 5.62. The summed E-state index contributed by atoms with van der Waals surface area (Å²) >= 11 is 6.04. The van der Waals surface area contributed by atoms with E-state index in [1.54, 1.807) is 0 Å². The van der Waals surface area contributed by atoms with Gasteiger partial charge in [-0.1, -0.05) is 23.7 Å². The molecule has 0 bridgehead atoms. The van der Waals surface area contributed by atoms with E-state index in [0.717, 1.165) is 40.9 Å². The second-order valence-corrected chi connectivity index (χ2v) is 7.28. The molecule has 146 valence electrons. The monoisotopic (exact) mass is 396 g/mol. The lowest BCUT2D eigenvalue weighted by Crippen LogP contribution is -2.09. The van der Waals surface area contributed by atoms with Crippen LogP contribution in [-0.2, 0) is 6.42 Å². The van der Waals surface area contributed by atoms with Crippen molar-refractivity contribution in [3.63, 3.8) is 0 Å². The summed E-state index contributed by atoms with van der Waals surface area (Å²) in [4.78, 5) is 9.02. The molecule has 0 spiro atoms. The number of ether oxygens (including phenoxy) is 1. The minimum absolute atomic E-state index is 0.152. The van der Waals surface area contributed by atoms with E-state index < -0.39 is 0 Å². The van der Waals surface area contributed by atoms with E-state index in [1.807, 2.05) is 69.3 Å².